The van der Waals surface area contributed by atoms with Crippen LogP contribution >= 0.6 is 11.8 Å². The van der Waals surface area contributed by atoms with E-state index in [1.165, 1.54) is 17.8 Å². The number of thioether (sulfide) groups is 1. The van der Waals surface area contributed by atoms with Crippen LogP contribution in [0.4, 0.5) is 11.4 Å². The lowest BCUT2D eigenvalue weighted by Gasteiger charge is -2.22. The largest absolute Gasteiger partial charge is 0.399 e. The number of amides is 1. The van der Waals surface area contributed by atoms with E-state index in [2.05, 4.69) is 5.32 Å². The molecular formula is C12H19N3O2S. The van der Waals surface area contributed by atoms with E-state index in [1.807, 2.05) is 6.26 Å². The quantitative estimate of drug-likeness (QED) is 0.589. The zero-order chi connectivity index (χ0) is 13.8. The van der Waals surface area contributed by atoms with Gasteiger partial charge < -0.3 is 21.9 Å². The van der Waals surface area contributed by atoms with Gasteiger partial charge in [0.15, 0.2) is 0 Å². The molecule has 0 heterocycles. The third-order valence-electron chi connectivity index (χ3n) is 2.41. The van der Waals surface area contributed by atoms with Crippen LogP contribution < -0.4 is 16.8 Å². The first-order valence-corrected chi connectivity index (χ1v) is 6.89. The number of hydrogen-bond donors (Lipinski definition) is 4. The fourth-order valence-corrected chi connectivity index (χ4v) is 2.24. The van der Waals surface area contributed by atoms with Crippen LogP contribution in [0.5, 0.6) is 0 Å². The van der Waals surface area contributed by atoms with Gasteiger partial charge in [0.25, 0.3) is 5.91 Å². The number of hydrogen-bond acceptors (Lipinski definition) is 5. The highest BCUT2D eigenvalue weighted by Crippen LogP contribution is 2.16. The zero-order valence-corrected chi connectivity index (χ0v) is 11.4. The highest BCUT2D eigenvalue weighted by Gasteiger charge is 2.21. The third-order valence-corrected chi connectivity index (χ3v) is 3.32. The summed E-state index contributed by atoms with van der Waals surface area (Å²) in [4.78, 5) is 11.9. The molecule has 0 fully saturated rings. The van der Waals surface area contributed by atoms with Crippen LogP contribution in [0, 0.1) is 0 Å². The second-order valence-corrected chi connectivity index (χ2v) is 5.33. The Morgan fingerprint density at radius 3 is 2.72 bits per heavy atom. The van der Waals surface area contributed by atoms with Gasteiger partial charge in [0.05, 0.1) is 11.2 Å². The van der Waals surface area contributed by atoms with E-state index in [0.717, 1.165) is 0 Å². The maximum atomic E-state index is 11.9. The fraction of sp³-hybridized carbons (Fsp3) is 0.417. The first-order valence-electron chi connectivity index (χ1n) is 5.50. The summed E-state index contributed by atoms with van der Waals surface area (Å²) in [5, 5.41) is 12.6. The van der Waals surface area contributed by atoms with Crippen molar-refractivity contribution in [2.24, 2.45) is 0 Å². The van der Waals surface area contributed by atoms with Gasteiger partial charge >= 0.3 is 0 Å². The summed E-state index contributed by atoms with van der Waals surface area (Å²) in [6, 6.07) is 4.73. The molecular weight excluding hydrogens is 250 g/mol. The molecule has 0 aliphatic carbocycles. The van der Waals surface area contributed by atoms with Crippen molar-refractivity contribution < 1.29 is 9.90 Å². The summed E-state index contributed by atoms with van der Waals surface area (Å²) >= 11 is 1.52. The molecule has 0 saturated heterocycles. The minimum Gasteiger partial charge on any atom is -0.399 e. The second-order valence-electron chi connectivity index (χ2n) is 4.46. The number of nitrogen functional groups attached to an aromatic ring is 2. The summed E-state index contributed by atoms with van der Waals surface area (Å²) < 4.78 is 0. The van der Waals surface area contributed by atoms with Crippen molar-refractivity contribution in [3.63, 3.8) is 0 Å². The topological polar surface area (TPSA) is 101 Å². The molecule has 5 nitrogen and oxygen atoms in total. The van der Waals surface area contributed by atoms with Gasteiger partial charge in [-0.1, -0.05) is 0 Å². The maximum Gasteiger partial charge on any atom is 0.253 e. The van der Waals surface area contributed by atoms with Crippen LogP contribution in [-0.4, -0.2) is 35.2 Å². The van der Waals surface area contributed by atoms with Crippen molar-refractivity contribution in [3.05, 3.63) is 23.8 Å². The molecule has 0 saturated carbocycles. The van der Waals surface area contributed by atoms with Crippen molar-refractivity contribution in [2.75, 3.05) is 30.0 Å². The maximum absolute atomic E-state index is 11.9. The minimum atomic E-state index is -0.933. The fourth-order valence-electron chi connectivity index (χ4n) is 1.52. The van der Waals surface area contributed by atoms with Crippen LogP contribution in [0.1, 0.15) is 17.3 Å². The molecule has 1 rings (SSSR count). The summed E-state index contributed by atoms with van der Waals surface area (Å²) in [6.07, 6.45) is 1.90. The molecule has 1 aromatic rings. The van der Waals surface area contributed by atoms with Crippen molar-refractivity contribution in [3.8, 4) is 0 Å². The van der Waals surface area contributed by atoms with Gasteiger partial charge in [-0.05, 0) is 31.4 Å². The number of benzene rings is 1. The number of nitrogens with one attached hydrogen (secondary N) is 1. The van der Waals surface area contributed by atoms with E-state index >= 15 is 0 Å². The first-order chi connectivity index (χ1) is 8.35. The molecule has 1 amide bonds. The van der Waals surface area contributed by atoms with Gasteiger partial charge in [-0.25, -0.2) is 0 Å². The number of aliphatic hydroxyl groups is 1. The lowest BCUT2D eigenvalue weighted by molar-refractivity contribution is 0.0725. The van der Waals surface area contributed by atoms with Crippen molar-refractivity contribution >= 4 is 29.0 Å². The second kappa shape index (κ2) is 5.97. The Labute approximate surface area is 111 Å². The third kappa shape index (κ3) is 4.12. The van der Waals surface area contributed by atoms with Crippen LogP contribution in [0.2, 0.25) is 0 Å². The Kier molecular flexibility index (Phi) is 4.86. The molecule has 0 aliphatic heterocycles. The molecule has 6 N–H and O–H groups in total. The molecule has 0 spiro atoms. The van der Waals surface area contributed by atoms with E-state index in [0.29, 0.717) is 22.7 Å². The van der Waals surface area contributed by atoms with Gasteiger partial charge in [0.2, 0.25) is 0 Å². The first kappa shape index (κ1) is 14.7. The van der Waals surface area contributed by atoms with Gasteiger partial charge in [0, 0.05) is 23.7 Å². The molecule has 18 heavy (non-hydrogen) atoms. The zero-order valence-electron chi connectivity index (χ0n) is 10.6. The standard InChI is InChI=1S/C12H19N3O2S/c1-12(17,7-18-2)6-15-11(16)9-4-3-8(13)5-10(9)14/h3-5,17H,6-7,13-14H2,1-2H3,(H,15,16). The highest BCUT2D eigenvalue weighted by atomic mass is 32.2. The van der Waals surface area contributed by atoms with Gasteiger partial charge in [-0.2, -0.15) is 11.8 Å². The van der Waals surface area contributed by atoms with E-state index in [1.54, 1.807) is 19.1 Å². The molecule has 0 radical (unpaired) electrons. The van der Waals surface area contributed by atoms with E-state index < -0.39 is 5.60 Å². The van der Waals surface area contributed by atoms with Crippen LogP contribution in [0.3, 0.4) is 0 Å². The van der Waals surface area contributed by atoms with Crippen molar-refractivity contribution in [1.82, 2.24) is 5.32 Å². The number of carbonyl (C=O) groups is 1. The SMILES string of the molecule is CSCC(C)(O)CNC(=O)c1ccc(N)cc1N. The van der Waals surface area contributed by atoms with Gasteiger partial charge in [0.1, 0.15) is 0 Å². The Balaban J connectivity index is 2.66. The Bertz CT molecular complexity index is 435. The lowest BCUT2D eigenvalue weighted by Crippen LogP contribution is -2.42. The summed E-state index contributed by atoms with van der Waals surface area (Å²) in [6.45, 7) is 1.85. The molecule has 0 aromatic heterocycles. The molecule has 1 aromatic carbocycles. The number of nitrogens with two attached hydrogens (primary N) is 2. The smallest absolute Gasteiger partial charge is 0.253 e. The predicted molar refractivity (Wildman–Crippen MR) is 76.6 cm³/mol. The number of carbonyl (C=O) groups excluding carboxylic acids is 1. The summed E-state index contributed by atoms with van der Waals surface area (Å²) in [5.74, 6) is 0.235. The normalized spacial score (nSPS) is 13.9. The van der Waals surface area contributed by atoms with E-state index in [9.17, 15) is 9.90 Å². The molecule has 1 atom stereocenters. The molecule has 100 valence electrons. The highest BCUT2D eigenvalue weighted by molar-refractivity contribution is 7.98. The minimum absolute atomic E-state index is 0.177. The van der Waals surface area contributed by atoms with Gasteiger partial charge in [-0.3, -0.25) is 4.79 Å². The molecule has 1 unspecified atom stereocenters. The number of rotatable bonds is 5. The average Bonchev–Trinajstić information content (AvgIpc) is 2.26. The van der Waals surface area contributed by atoms with Crippen LogP contribution in [0.25, 0.3) is 0 Å². The Morgan fingerprint density at radius 2 is 2.17 bits per heavy atom. The van der Waals surface area contributed by atoms with Crippen molar-refractivity contribution in [1.29, 1.82) is 0 Å². The van der Waals surface area contributed by atoms with Crippen molar-refractivity contribution in [2.45, 2.75) is 12.5 Å². The Morgan fingerprint density at radius 1 is 1.50 bits per heavy atom. The van der Waals surface area contributed by atoms with E-state index in [-0.39, 0.29) is 12.5 Å². The molecule has 6 heteroatoms. The summed E-state index contributed by atoms with van der Waals surface area (Å²) in [7, 11) is 0. The lowest BCUT2D eigenvalue weighted by atomic mass is 10.1. The molecule has 0 aliphatic rings. The van der Waals surface area contributed by atoms with E-state index in [4.69, 9.17) is 11.5 Å². The average molecular weight is 269 g/mol. The predicted octanol–water partition coefficient (Wildman–Crippen LogP) is 0.695. The number of anilines is 2. The van der Waals surface area contributed by atoms with Crippen LogP contribution in [0.15, 0.2) is 18.2 Å². The van der Waals surface area contributed by atoms with Gasteiger partial charge in [-0.15, -0.1) is 0 Å². The molecule has 0 bridgehead atoms. The monoisotopic (exact) mass is 269 g/mol. The summed E-state index contributed by atoms with van der Waals surface area (Å²) in [5.41, 5.74) is 11.5. The Hall–Kier alpha value is -1.40. The van der Waals surface area contributed by atoms with Crippen LogP contribution in [-0.2, 0) is 0 Å².